The van der Waals surface area contributed by atoms with Gasteiger partial charge in [-0.3, -0.25) is 0 Å². The molecule has 0 bridgehead atoms. The maximum Gasteiger partial charge on any atom is 0.142 e. The first-order valence-electron chi connectivity index (χ1n) is 7.42. The van der Waals surface area contributed by atoms with E-state index in [9.17, 15) is 0 Å². The van der Waals surface area contributed by atoms with Crippen LogP contribution in [-0.2, 0) is 6.54 Å². The van der Waals surface area contributed by atoms with Gasteiger partial charge in [-0.15, -0.1) is 0 Å². The minimum absolute atomic E-state index is 0.606. The van der Waals surface area contributed by atoms with E-state index in [2.05, 4.69) is 27.0 Å². The Hall–Kier alpha value is -1.81. The summed E-state index contributed by atoms with van der Waals surface area (Å²) in [4.78, 5) is 4.47. The van der Waals surface area contributed by atoms with Crippen LogP contribution in [0.2, 0.25) is 0 Å². The molecule has 1 aliphatic rings. The van der Waals surface area contributed by atoms with E-state index in [0.29, 0.717) is 5.82 Å². The molecule has 0 atom stereocenters. The van der Waals surface area contributed by atoms with Crippen molar-refractivity contribution in [3.8, 4) is 11.4 Å². The Morgan fingerprint density at radius 2 is 1.95 bits per heavy atom. The zero-order chi connectivity index (χ0) is 13.8. The Kier molecular flexibility index (Phi) is 4.02. The molecule has 1 aromatic carbocycles. The molecular formula is C16H22N4. The molecule has 0 amide bonds. The molecule has 4 nitrogen and oxygen atoms in total. The van der Waals surface area contributed by atoms with E-state index in [-0.39, 0.29) is 0 Å². The van der Waals surface area contributed by atoms with Crippen molar-refractivity contribution < 1.29 is 0 Å². The van der Waals surface area contributed by atoms with Gasteiger partial charge in [-0.1, -0.05) is 30.3 Å². The van der Waals surface area contributed by atoms with Gasteiger partial charge in [0.2, 0.25) is 0 Å². The van der Waals surface area contributed by atoms with Crippen LogP contribution in [0.1, 0.15) is 19.3 Å². The molecule has 106 valence electrons. The highest BCUT2D eigenvalue weighted by atomic mass is 15.1. The number of piperidine rings is 1. The average Bonchev–Trinajstić information content (AvgIpc) is 2.88. The first-order valence-corrected chi connectivity index (χ1v) is 7.42. The van der Waals surface area contributed by atoms with Crippen molar-refractivity contribution in [3.05, 3.63) is 36.5 Å². The van der Waals surface area contributed by atoms with Crippen molar-refractivity contribution >= 4 is 5.82 Å². The number of anilines is 1. The predicted octanol–water partition coefficient (Wildman–Crippen LogP) is 2.52. The van der Waals surface area contributed by atoms with E-state index < -0.39 is 0 Å². The highest BCUT2D eigenvalue weighted by Gasteiger charge is 2.14. The number of nitrogens with one attached hydrogen (secondary N) is 1. The van der Waals surface area contributed by atoms with Crippen LogP contribution in [0.25, 0.3) is 11.4 Å². The largest absolute Gasteiger partial charge is 0.382 e. The van der Waals surface area contributed by atoms with E-state index in [0.717, 1.165) is 36.9 Å². The fraction of sp³-hybridized carbons (Fsp3) is 0.438. The lowest BCUT2D eigenvalue weighted by molar-refractivity contribution is 0.338. The van der Waals surface area contributed by atoms with E-state index in [1.165, 1.54) is 19.3 Å². The van der Waals surface area contributed by atoms with Crippen molar-refractivity contribution in [1.82, 2.24) is 14.9 Å². The summed E-state index contributed by atoms with van der Waals surface area (Å²) in [6.07, 6.45) is 5.73. The number of imidazole rings is 1. The Morgan fingerprint density at radius 3 is 2.70 bits per heavy atom. The third-order valence-corrected chi connectivity index (χ3v) is 4.06. The summed E-state index contributed by atoms with van der Waals surface area (Å²) in [6.45, 7) is 3.31. The number of aromatic nitrogens is 2. The second kappa shape index (κ2) is 6.09. The standard InChI is InChI=1S/C16H22N4/c17-15-12-20(11-8-13-6-9-18-10-7-13)16(19-15)14-4-2-1-3-5-14/h1-5,12-13,18H,6-11,17H2. The molecule has 0 spiro atoms. The van der Waals surface area contributed by atoms with Gasteiger partial charge in [-0.2, -0.15) is 0 Å². The fourth-order valence-electron chi connectivity index (χ4n) is 2.92. The highest BCUT2D eigenvalue weighted by Crippen LogP contribution is 2.22. The molecule has 0 radical (unpaired) electrons. The van der Waals surface area contributed by atoms with Crippen molar-refractivity contribution in [2.45, 2.75) is 25.8 Å². The Labute approximate surface area is 120 Å². The molecule has 0 unspecified atom stereocenters. The van der Waals surface area contributed by atoms with Gasteiger partial charge < -0.3 is 15.6 Å². The monoisotopic (exact) mass is 270 g/mol. The molecule has 0 aliphatic carbocycles. The maximum absolute atomic E-state index is 5.88. The number of benzene rings is 1. The molecule has 3 rings (SSSR count). The van der Waals surface area contributed by atoms with Crippen molar-refractivity contribution in [3.63, 3.8) is 0 Å². The van der Waals surface area contributed by atoms with Crippen LogP contribution in [0.4, 0.5) is 5.82 Å². The molecule has 20 heavy (non-hydrogen) atoms. The number of rotatable bonds is 4. The molecule has 1 saturated heterocycles. The first kappa shape index (κ1) is 13.2. The average molecular weight is 270 g/mol. The van der Waals surface area contributed by atoms with Crippen LogP contribution in [0, 0.1) is 5.92 Å². The molecular weight excluding hydrogens is 248 g/mol. The van der Waals surface area contributed by atoms with Gasteiger partial charge in [0, 0.05) is 18.3 Å². The van der Waals surface area contributed by atoms with Crippen LogP contribution in [-0.4, -0.2) is 22.6 Å². The number of nitrogen functional groups attached to an aromatic ring is 1. The summed E-state index contributed by atoms with van der Waals surface area (Å²) in [5.41, 5.74) is 7.02. The van der Waals surface area contributed by atoms with Crippen molar-refractivity contribution in [2.75, 3.05) is 18.8 Å². The van der Waals surface area contributed by atoms with Gasteiger partial charge in [0.05, 0.1) is 0 Å². The quantitative estimate of drug-likeness (QED) is 0.897. The number of hydrogen-bond donors (Lipinski definition) is 2. The van der Waals surface area contributed by atoms with Gasteiger partial charge in [-0.25, -0.2) is 4.98 Å². The Balaban J connectivity index is 1.73. The van der Waals surface area contributed by atoms with Crippen molar-refractivity contribution in [1.29, 1.82) is 0 Å². The van der Waals surface area contributed by atoms with E-state index in [1.54, 1.807) is 0 Å². The predicted molar refractivity (Wildman–Crippen MR) is 82.3 cm³/mol. The van der Waals surface area contributed by atoms with Crippen molar-refractivity contribution in [2.24, 2.45) is 5.92 Å². The molecule has 1 aromatic heterocycles. The van der Waals surface area contributed by atoms with Crippen LogP contribution >= 0.6 is 0 Å². The zero-order valence-electron chi connectivity index (χ0n) is 11.8. The smallest absolute Gasteiger partial charge is 0.142 e. The van der Waals surface area contributed by atoms with Crippen LogP contribution in [0.3, 0.4) is 0 Å². The molecule has 1 aliphatic heterocycles. The minimum Gasteiger partial charge on any atom is -0.382 e. The molecule has 2 aromatic rings. The molecule has 3 N–H and O–H groups in total. The van der Waals surface area contributed by atoms with Gasteiger partial charge >= 0.3 is 0 Å². The fourth-order valence-corrected chi connectivity index (χ4v) is 2.92. The van der Waals surface area contributed by atoms with Gasteiger partial charge in [0.1, 0.15) is 11.6 Å². The summed E-state index contributed by atoms with van der Waals surface area (Å²) in [5.74, 6) is 2.41. The van der Waals surface area contributed by atoms with E-state index in [1.807, 2.05) is 24.4 Å². The third-order valence-electron chi connectivity index (χ3n) is 4.06. The van der Waals surface area contributed by atoms with Gasteiger partial charge in [-0.05, 0) is 38.3 Å². The Bertz CT molecular complexity index is 541. The topological polar surface area (TPSA) is 55.9 Å². The van der Waals surface area contributed by atoms with E-state index >= 15 is 0 Å². The zero-order valence-corrected chi connectivity index (χ0v) is 11.8. The number of aryl methyl sites for hydroxylation is 1. The van der Waals surface area contributed by atoms with Crippen LogP contribution in [0.5, 0.6) is 0 Å². The van der Waals surface area contributed by atoms with Crippen LogP contribution < -0.4 is 11.1 Å². The van der Waals surface area contributed by atoms with Gasteiger partial charge in [0.15, 0.2) is 0 Å². The van der Waals surface area contributed by atoms with E-state index in [4.69, 9.17) is 5.73 Å². The normalized spacial score (nSPS) is 16.4. The summed E-state index contributed by atoms with van der Waals surface area (Å²) >= 11 is 0. The minimum atomic E-state index is 0.606. The van der Waals surface area contributed by atoms with Gasteiger partial charge in [0.25, 0.3) is 0 Å². The maximum atomic E-state index is 5.88. The lowest BCUT2D eigenvalue weighted by atomic mass is 9.95. The van der Waals surface area contributed by atoms with Crippen LogP contribution in [0.15, 0.2) is 36.5 Å². The number of nitrogens with zero attached hydrogens (tertiary/aromatic N) is 2. The first-order chi connectivity index (χ1) is 9.83. The Morgan fingerprint density at radius 1 is 1.20 bits per heavy atom. The lowest BCUT2D eigenvalue weighted by Gasteiger charge is -2.22. The summed E-state index contributed by atoms with van der Waals surface area (Å²) in [7, 11) is 0. The summed E-state index contributed by atoms with van der Waals surface area (Å²) < 4.78 is 2.20. The summed E-state index contributed by atoms with van der Waals surface area (Å²) in [6, 6.07) is 10.3. The summed E-state index contributed by atoms with van der Waals surface area (Å²) in [5, 5.41) is 3.42. The second-order valence-electron chi connectivity index (χ2n) is 5.53. The molecule has 4 heteroatoms. The third kappa shape index (κ3) is 3.02. The number of nitrogens with two attached hydrogens (primary N) is 1. The molecule has 2 heterocycles. The molecule has 1 fully saturated rings. The second-order valence-corrected chi connectivity index (χ2v) is 5.53. The SMILES string of the molecule is Nc1cn(CCC2CCNCC2)c(-c2ccccc2)n1. The lowest BCUT2D eigenvalue weighted by Crippen LogP contribution is -2.28. The molecule has 0 saturated carbocycles. The highest BCUT2D eigenvalue weighted by molar-refractivity contribution is 5.57. The number of hydrogen-bond acceptors (Lipinski definition) is 3.